The Morgan fingerprint density at radius 2 is 1.84 bits per heavy atom. The van der Waals surface area contributed by atoms with Crippen LogP contribution < -0.4 is 5.73 Å². The van der Waals surface area contributed by atoms with Crippen LogP contribution in [0.1, 0.15) is 11.4 Å². The quantitative estimate of drug-likeness (QED) is 0.778. The third-order valence-electron chi connectivity index (χ3n) is 3.36. The number of imidazole rings is 1. The zero-order chi connectivity index (χ0) is 13.2. The van der Waals surface area contributed by atoms with E-state index in [1.165, 1.54) is 11.4 Å². The SMILES string of the molecule is Cc1cccc2nc(-c3ccccc3)c(CCN)n12. The van der Waals surface area contributed by atoms with Crippen molar-refractivity contribution in [2.75, 3.05) is 6.54 Å². The molecule has 96 valence electrons. The zero-order valence-electron chi connectivity index (χ0n) is 11.0. The van der Waals surface area contributed by atoms with E-state index in [1.807, 2.05) is 30.3 Å². The van der Waals surface area contributed by atoms with E-state index in [4.69, 9.17) is 10.7 Å². The van der Waals surface area contributed by atoms with Crippen LogP contribution in [0.5, 0.6) is 0 Å². The Balaban J connectivity index is 2.30. The molecule has 0 unspecified atom stereocenters. The van der Waals surface area contributed by atoms with E-state index in [2.05, 4.69) is 29.5 Å². The van der Waals surface area contributed by atoms with E-state index < -0.39 is 0 Å². The van der Waals surface area contributed by atoms with Crippen LogP contribution in [0.3, 0.4) is 0 Å². The molecule has 2 aromatic heterocycles. The summed E-state index contributed by atoms with van der Waals surface area (Å²) in [6.07, 6.45) is 0.830. The van der Waals surface area contributed by atoms with Crippen LogP contribution in [0.2, 0.25) is 0 Å². The van der Waals surface area contributed by atoms with E-state index in [0.29, 0.717) is 6.54 Å². The van der Waals surface area contributed by atoms with Crippen LogP contribution in [0.15, 0.2) is 48.5 Å². The summed E-state index contributed by atoms with van der Waals surface area (Å²) in [4.78, 5) is 4.77. The fourth-order valence-electron chi connectivity index (χ4n) is 2.52. The first-order chi connectivity index (χ1) is 9.31. The van der Waals surface area contributed by atoms with Crippen molar-refractivity contribution in [3.8, 4) is 11.3 Å². The van der Waals surface area contributed by atoms with Crippen molar-refractivity contribution in [2.45, 2.75) is 13.3 Å². The molecule has 0 bridgehead atoms. The maximum atomic E-state index is 5.77. The summed E-state index contributed by atoms with van der Waals surface area (Å²) in [6.45, 7) is 2.73. The number of benzene rings is 1. The predicted molar refractivity (Wildman–Crippen MR) is 78.1 cm³/mol. The number of aromatic nitrogens is 2. The van der Waals surface area contributed by atoms with Gasteiger partial charge in [0.2, 0.25) is 0 Å². The van der Waals surface area contributed by atoms with E-state index in [9.17, 15) is 0 Å². The molecule has 0 spiro atoms. The maximum absolute atomic E-state index is 5.77. The average Bonchev–Trinajstić information content (AvgIpc) is 2.81. The minimum Gasteiger partial charge on any atom is -0.330 e. The number of pyridine rings is 1. The fourth-order valence-corrected chi connectivity index (χ4v) is 2.52. The summed E-state index contributed by atoms with van der Waals surface area (Å²) in [5, 5.41) is 0. The van der Waals surface area contributed by atoms with Crippen LogP contribution in [-0.2, 0) is 6.42 Å². The second-order valence-corrected chi connectivity index (χ2v) is 4.67. The molecule has 2 N–H and O–H groups in total. The van der Waals surface area contributed by atoms with Crippen LogP contribution in [0, 0.1) is 6.92 Å². The van der Waals surface area contributed by atoms with Crippen molar-refractivity contribution in [2.24, 2.45) is 5.73 Å². The molecular weight excluding hydrogens is 234 g/mol. The second-order valence-electron chi connectivity index (χ2n) is 4.67. The predicted octanol–water partition coefficient (Wildman–Crippen LogP) is 2.81. The first-order valence-corrected chi connectivity index (χ1v) is 6.53. The lowest BCUT2D eigenvalue weighted by molar-refractivity contribution is 0.892. The lowest BCUT2D eigenvalue weighted by atomic mass is 10.1. The monoisotopic (exact) mass is 251 g/mol. The number of nitrogens with two attached hydrogens (primary N) is 1. The number of nitrogens with zero attached hydrogens (tertiary/aromatic N) is 2. The zero-order valence-corrected chi connectivity index (χ0v) is 11.0. The summed E-state index contributed by atoms with van der Waals surface area (Å²) < 4.78 is 2.20. The summed E-state index contributed by atoms with van der Waals surface area (Å²) in [5.41, 5.74) is 11.3. The first kappa shape index (κ1) is 11.9. The van der Waals surface area contributed by atoms with Crippen molar-refractivity contribution in [1.82, 2.24) is 9.38 Å². The minimum absolute atomic E-state index is 0.627. The van der Waals surface area contributed by atoms with Crippen molar-refractivity contribution >= 4 is 5.65 Å². The van der Waals surface area contributed by atoms with Crippen LogP contribution in [0.4, 0.5) is 0 Å². The number of fused-ring (bicyclic) bond motifs is 1. The Labute approximate surface area is 112 Å². The average molecular weight is 251 g/mol. The normalized spacial score (nSPS) is 11.1. The number of aryl methyl sites for hydroxylation is 1. The summed E-state index contributed by atoms with van der Waals surface area (Å²) in [5.74, 6) is 0. The second kappa shape index (κ2) is 4.86. The summed E-state index contributed by atoms with van der Waals surface area (Å²) in [6, 6.07) is 16.5. The fraction of sp³-hybridized carbons (Fsp3) is 0.188. The molecule has 0 atom stereocenters. The Kier molecular flexibility index (Phi) is 3.05. The van der Waals surface area contributed by atoms with Crippen LogP contribution >= 0.6 is 0 Å². The third-order valence-corrected chi connectivity index (χ3v) is 3.36. The van der Waals surface area contributed by atoms with Gasteiger partial charge in [-0.25, -0.2) is 4.98 Å². The molecule has 3 heteroatoms. The van der Waals surface area contributed by atoms with Gasteiger partial charge in [-0.3, -0.25) is 0 Å². The van der Waals surface area contributed by atoms with Crippen LogP contribution in [-0.4, -0.2) is 15.9 Å². The topological polar surface area (TPSA) is 43.3 Å². The summed E-state index contributed by atoms with van der Waals surface area (Å²) >= 11 is 0. The molecule has 1 aromatic carbocycles. The van der Waals surface area contributed by atoms with Gasteiger partial charge >= 0.3 is 0 Å². The van der Waals surface area contributed by atoms with E-state index in [1.54, 1.807) is 0 Å². The van der Waals surface area contributed by atoms with Gasteiger partial charge in [-0.2, -0.15) is 0 Å². The highest BCUT2D eigenvalue weighted by Gasteiger charge is 2.13. The van der Waals surface area contributed by atoms with E-state index in [0.717, 1.165) is 23.3 Å². The molecule has 3 nitrogen and oxygen atoms in total. The minimum atomic E-state index is 0.627. The molecule has 2 heterocycles. The van der Waals surface area contributed by atoms with Gasteiger partial charge in [0.15, 0.2) is 0 Å². The smallest absolute Gasteiger partial charge is 0.137 e. The number of rotatable bonds is 3. The molecule has 0 saturated heterocycles. The van der Waals surface area contributed by atoms with Crippen molar-refractivity contribution in [3.63, 3.8) is 0 Å². The molecule has 0 fully saturated rings. The van der Waals surface area contributed by atoms with Gasteiger partial charge in [0.1, 0.15) is 5.65 Å². The molecule has 0 amide bonds. The highest BCUT2D eigenvalue weighted by Crippen LogP contribution is 2.25. The van der Waals surface area contributed by atoms with E-state index in [-0.39, 0.29) is 0 Å². The standard InChI is InChI=1S/C16H17N3/c1-12-6-5-9-15-18-16(13-7-3-2-4-8-13)14(10-11-17)19(12)15/h2-9H,10-11,17H2,1H3. The molecule has 3 rings (SSSR count). The summed E-state index contributed by atoms with van der Waals surface area (Å²) in [7, 11) is 0. The maximum Gasteiger partial charge on any atom is 0.137 e. The van der Waals surface area contributed by atoms with Crippen LogP contribution in [0.25, 0.3) is 16.9 Å². The van der Waals surface area contributed by atoms with Crippen molar-refractivity contribution < 1.29 is 0 Å². The molecule has 0 aliphatic carbocycles. The van der Waals surface area contributed by atoms with Gasteiger partial charge in [0.25, 0.3) is 0 Å². The first-order valence-electron chi connectivity index (χ1n) is 6.53. The largest absolute Gasteiger partial charge is 0.330 e. The number of hydrogen-bond donors (Lipinski definition) is 1. The molecule has 0 radical (unpaired) electrons. The Hall–Kier alpha value is -2.13. The van der Waals surface area contributed by atoms with Gasteiger partial charge in [0, 0.05) is 17.7 Å². The molecule has 0 aliphatic rings. The molecule has 19 heavy (non-hydrogen) atoms. The van der Waals surface area contributed by atoms with Crippen molar-refractivity contribution in [1.29, 1.82) is 0 Å². The van der Waals surface area contributed by atoms with Gasteiger partial charge in [-0.1, -0.05) is 36.4 Å². The van der Waals surface area contributed by atoms with Gasteiger partial charge in [-0.05, 0) is 25.6 Å². The number of hydrogen-bond acceptors (Lipinski definition) is 2. The van der Waals surface area contributed by atoms with Gasteiger partial charge in [0.05, 0.1) is 11.4 Å². The highest BCUT2D eigenvalue weighted by atomic mass is 15.0. The Morgan fingerprint density at radius 3 is 2.58 bits per heavy atom. The Bertz CT molecular complexity index is 699. The van der Waals surface area contributed by atoms with Crippen molar-refractivity contribution in [3.05, 3.63) is 59.9 Å². The molecule has 3 aromatic rings. The molecular formula is C16H17N3. The van der Waals surface area contributed by atoms with E-state index >= 15 is 0 Å². The van der Waals surface area contributed by atoms with Gasteiger partial charge in [-0.15, -0.1) is 0 Å². The molecule has 0 saturated carbocycles. The molecule has 0 aliphatic heterocycles. The van der Waals surface area contributed by atoms with Gasteiger partial charge < -0.3 is 10.1 Å². The Morgan fingerprint density at radius 1 is 1.05 bits per heavy atom. The highest BCUT2D eigenvalue weighted by molar-refractivity contribution is 5.67. The third kappa shape index (κ3) is 2.02. The lowest BCUT2D eigenvalue weighted by Crippen LogP contribution is -2.07. The lowest BCUT2D eigenvalue weighted by Gasteiger charge is -2.06.